The van der Waals surface area contributed by atoms with Gasteiger partial charge < -0.3 is 15.5 Å². The molecule has 3 rings (SSSR count). The van der Waals surface area contributed by atoms with Crippen LogP contribution in [0.2, 0.25) is 0 Å². The van der Waals surface area contributed by atoms with E-state index in [1.807, 2.05) is 13.1 Å². The Labute approximate surface area is 166 Å². The van der Waals surface area contributed by atoms with Gasteiger partial charge in [0, 0.05) is 36.3 Å². The molecule has 0 fully saturated rings. The highest BCUT2D eigenvalue weighted by Crippen LogP contribution is 2.27. The van der Waals surface area contributed by atoms with Crippen molar-refractivity contribution < 1.29 is 17.8 Å². The summed E-state index contributed by atoms with van der Waals surface area (Å²) in [6, 6.07) is 6.74. The first kappa shape index (κ1) is 20.0. The van der Waals surface area contributed by atoms with Crippen molar-refractivity contribution in [2.45, 2.75) is 17.9 Å². The summed E-state index contributed by atoms with van der Waals surface area (Å²) in [5.74, 6) is -0.657. The third kappa shape index (κ3) is 4.73. The van der Waals surface area contributed by atoms with Crippen molar-refractivity contribution in [2.24, 2.45) is 0 Å². The van der Waals surface area contributed by atoms with Crippen LogP contribution in [0, 0.1) is 11.3 Å². The number of nitrogens with zero attached hydrogens (tertiary/aromatic N) is 3. The number of hydrogen-bond donors (Lipinski definition) is 3. The number of anilines is 2. The number of fused-ring (bicyclic) bond motifs is 1. The van der Waals surface area contributed by atoms with Gasteiger partial charge in [-0.1, -0.05) is 0 Å². The zero-order valence-corrected chi connectivity index (χ0v) is 16.5. The van der Waals surface area contributed by atoms with E-state index in [0.717, 1.165) is 42.2 Å². The third-order valence-corrected chi connectivity index (χ3v) is 5.92. The van der Waals surface area contributed by atoms with Crippen LogP contribution in [0.3, 0.4) is 0 Å². The fourth-order valence-electron chi connectivity index (χ4n) is 2.58. The minimum atomic E-state index is -4.31. The summed E-state index contributed by atoms with van der Waals surface area (Å²) >= 11 is 1.48. The number of carbonyl (C=O) groups is 1. The lowest BCUT2D eigenvalue weighted by Gasteiger charge is -2.20. The number of hydrogen-bond acceptors (Lipinski definition) is 8. The molecule has 9 nitrogen and oxygen atoms in total. The molecule has 0 aliphatic carbocycles. The number of carbonyl (C=O) groups excluding carboxylic acids is 1. The maximum absolute atomic E-state index is 12.3. The van der Waals surface area contributed by atoms with E-state index in [-0.39, 0.29) is 16.2 Å². The van der Waals surface area contributed by atoms with Crippen molar-refractivity contribution in [1.29, 1.82) is 5.26 Å². The first-order valence-corrected chi connectivity index (χ1v) is 10.4. The minimum absolute atomic E-state index is 0.163. The van der Waals surface area contributed by atoms with Gasteiger partial charge in [0.2, 0.25) is 0 Å². The van der Waals surface area contributed by atoms with Crippen LogP contribution >= 0.6 is 11.3 Å². The number of nitrogens with one attached hydrogen (secondary N) is 2. The number of likely N-dealkylation sites (N-methyl/N-ethyl adjacent to an activating group) is 1. The van der Waals surface area contributed by atoms with Crippen molar-refractivity contribution in [3.8, 4) is 6.07 Å². The average Bonchev–Trinajstić information content (AvgIpc) is 3.03. The molecule has 2 heterocycles. The number of nitriles is 1. The van der Waals surface area contributed by atoms with Crippen molar-refractivity contribution in [2.75, 3.05) is 24.2 Å². The van der Waals surface area contributed by atoms with Gasteiger partial charge in [0.25, 0.3) is 16.0 Å². The fraction of sp³-hybridized carbons (Fsp3) is 0.235. The molecule has 0 atom stereocenters. The summed E-state index contributed by atoms with van der Waals surface area (Å²) in [6.45, 7) is 1.76. The molecule has 11 heteroatoms. The van der Waals surface area contributed by atoms with Crippen LogP contribution < -0.4 is 10.6 Å². The topological polar surface area (TPSA) is 135 Å². The smallest absolute Gasteiger partial charge is 0.294 e. The summed E-state index contributed by atoms with van der Waals surface area (Å²) in [6.07, 6.45) is 2.15. The Morgan fingerprint density at radius 3 is 2.75 bits per heavy atom. The van der Waals surface area contributed by atoms with Crippen molar-refractivity contribution >= 4 is 38.2 Å². The van der Waals surface area contributed by atoms with Crippen LogP contribution in [0.5, 0.6) is 0 Å². The van der Waals surface area contributed by atoms with E-state index in [2.05, 4.69) is 20.5 Å². The molecule has 28 heavy (non-hydrogen) atoms. The molecular weight excluding hydrogens is 402 g/mol. The maximum Gasteiger partial charge on any atom is 0.294 e. The first-order chi connectivity index (χ1) is 13.3. The Balaban J connectivity index is 1.67. The van der Waals surface area contributed by atoms with Gasteiger partial charge in [0.05, 0.1) is 10.6 Å². The van der Waals surface area contributed by atoms with E-state index in [0.29, 0.717) is 5.13 Å². The molecule has 1 aliphatic rings. The van der Waals surface area contributed by atoms with Gasteiger partial charge in [0.15, 0.2) is 5.13 Å². The number of benzene rings is 1. The van der Waals surface area contributed by atoms with E-state index in [9.17, 15) is 18.5 Å². The largest absolute Gasteiger partial charge is 0.337 e. The summed E-state index contributed by atoms with van der Waals surface area (Å²) in [4.78, 5) is 19.8. The minimum Gasteiger partial charge on any atom is -0.337 e. The van der Waals surface area contributed by atoms with Gasteiger partial charge in [-0.15, -0.1) is 11.3 Å². The summed E-state index contributed by atoms with van der Waals surface area (Å²) < 4.78 is 31.0. The Morgan fingerprint density at radius 1 is 1.39 bits per heavy atom. The second-order valence-corrected chi connectivity index (χ2v) is 8.65. The summed E-state index contributed by atoms with van der Waals surface area (Å²) in [5.41, 5.74) is 1.15. The van der Waals surface area contributed by atoms with Crippen molar-refractivity contribution in [3.63, 3.8) is 0 Å². The Kier molecular flexibility index (Phi) is 5.76. The quantitative estimate of drug-likeness (QED) is 0.379. The van der Waals surface area contributed by atoms with Crippen LogP contribution in [-0.4, -0.2) is 42.4 Å². The molecule has 0 bridgehead atoms. The molecule has 0 saturated heterocycles. The van der Waals surface area contributed by atoms with Crippen LogP contribution in [0.1, 0.15) is 10.6 Å². The SMILES string of the molecule is CN1CCc2nc(N/C=C(/C#N)C(=O)Nc3ccc(S(=O)(=O)O)cc3)sc2C1. The lowest BCUT2D eigenvalue weighted by Crippen LogP contribution is -2.25. The Hall–Kier alpha value is -2.78. The van der Waals surface area contributed by atoms with Gasteiger partial charge in [-0.05, 0) is 31.3 Å². The molecule has 2 aromatic rings. The molecule has 1 aromatic carbocycles. The maximum atomic E-state index is 12.3. The van der Waals surface area contributed by atoms with E-state index in [4.69, 9.17) is 4.55 Å². The molecule has 146 valence electrons. The standard InChI is InChI=1S/C17H17N5O4S2/c1-22-7-6-14-15(10-22)27-17(21-14)19-9-11(8-18)16(23)20-12-2-4-13(5-3-12)28(24,25)26/h2-5,9H,6-7,10H2,1H3,(H,19,21)(H,20,23)(H,24,25,26)/b11-9-. The first-order valence-electron chi connectivity index (χ1n) is 8.19. The predicted molar refractivity (Wildman–Crippen MR) is 104 cm³/mol. The Morgan fingerprint density at radius 2 is 2.11 bits per heavy atom. The monoisotopic (exact) mass is 419 g/mol. The number of thiazole rings is 1. The zero-order chi connectivity index (χ0) is 20.3. The van der Waals surface area contributed by atoms with E-state index in [1.165, 1.54) is 29.7 Å². The molecule has 0 radical (unpaired) electrons. The molecule has 1 aliphatic heterocycles. The molecular formula is C17H17N5O4S2. The van der Waals surface area contributed by atoms with Crippen LogP contribution in [0.25, 0.3) is 0 Å². The van der Waals surface area contributed by atoms with Crippen molar-refractivity contribution in [3.05, 3.63) is 46.6 Å². The highest BCUT2D eigenvalue weighted by molar-refractivity contribution is 7.85. The van der Waals surface area contributed by atoms with Crippen molar-refractivity contribution in [1.82, 2.24) is 9.88 Å². The molecule has 0 saturated carbocycles. The molecule has 0 spiro atoms. The fourth-order valence-corrected chi connectivity index (χ4v) is 4.11. The van der Waals surface area contributed by atoms with Crippen LogP contribution in [0.4, 0.5) is 10.8 Å². The van der Waals surface area contributed by atoms with Gasteiger partial charge >= 0.3 is 0 Å². The number of rotatable bonds is 5. The van der Waals surface area contributed by atoms with E-state index >= 15 is 0 Å². The Bertz CT molecular complexity index is 1070. The third-order valence-electron chi connectivity index (χ3n) is 4.04. The lowest BCUT2D eigenvalue weighted by atomic mass is 10.2. The highest BCUT2D eigenvalue weighted by Gasteiger charge is 2.18. The number of aromatic nitrogens is 1. The predicted octanol–water partition coefficient (Wildman–Crippen LogP) is 1.84. The van der Waals surface area contributed by atoms with E-state index in [1.54, 1.807) is 0 Å². The second-order valence-electron chi connectivity index (χ2n) is 6.14. The van der Waals surface area contributed by atoms with Gasteiger partial charge in [0.1, 0.15) is 11.6 Å². The van der Waals surface area contributed by atoms with Crippen LogP contribution in [0.15, 0.2) is 40.9 Å². The second kappa shape index (κ2) is 8.07. The van der Waals surface area contributed by atoms with Gasteiger partial charge in [-0.3, -0.25) is 9.35 Å². The molecule has 0 unspecified atom stereocenters. The molecule has 1 amide bonds. The lowest BCUT2D eigenvalue weighted by molar-refractivity contribution is -0.112. The number of amides is 1. The van der Waals surface area contributed by atoms with Gasteiger partial charge in [-0.25, -0.2) is 4.98 Å². The summed E-state index contributed by atoms with van der Waals surface area (Å²) in [5, 5.41) is 15.2. The van der Waals surface area contributed by atoms with Gasteiger partial charge in [-0.2, -0.15) is 13.7 Å². The summed E-state index contributed by atoms with van der Waals surface area (Å²) in [7, 11) is -2.27. The van der Waals surface area contributed by atoms with E-state index < -0.39 is 16.0 Å². The molecule has 3 N–H and O–H groups in total. The normalized spacial score (nSPS) is 14.8. The highest BCUT2D eigenvalue weighted by atomic mass is 32.2. The zero-order valence-electron chi connectivity index (χ0n) is 14.8. The van der Waals surface area contributed by atoms with Crippen LogP contribution in [-0.2, 0) is 27.9 Å². The average molecular weight is 419 g/mol. The molecule has 1 aromatic heterocycles.